The number of aliphatic hydroxyl groups is 2. The van der Waals surface area contributed by atoms with Crippen LogP contribution in [0.1, 0.15) is 0 Å². The number of carbonyl (C=O) groups excluding carboxylic acids is 2. The van der Waals surface area contributed by atoms with E-state index in [-0.39, 0.29) is 148 Å². The minimum atomic E-state index is -5.17. The van der Waals surface area contributed by atoms with Gasteiger partial charge in [-0.1, -0.05) is 0 Å². The van der Waals surface area contributed by atoms with E-state index in [0.29, 0.717) is 0 Å². The number of rotatable bonds is 3. The van der Waals surface area contributed by atoms with Crippen LogP contribution in [0, 0.1) is 0 Å². The summed E-state index contributed by atoms with van der Waals surface area (Å²) in [5.41, 5.74) is 0. The fourth-order valence-corrected chi connectivity index (χ4v) is 0.258. The fourth-order valence-electron chi connectivity index (χ4n) is 0.258. The van der Waals surface area contributed by atoms with Crippen molar-refractivity contribution in [3.8, 4) is 0 Å². The van der Waals surface area contributed by atoms with Crippen molar-refractivity contribution in [1.82, 2.24) is 0 Å². The molecule has 2 unspecified atom stereocenters. The number of halogens is 2. The normalized spacial score (nSPS) is 10.8. The molecular formula is C4H6BrCaClKNaO10S. The van der Waals surface area contributed by atoms with Crippen molar-refractivity contribution in [2.75, 3.05) is 0 Å². The van der Waals surface area contributed by atoms with E-state index in [0.717, 1.165) is 0 Å². The number of aliphatic hydroxyl groups excluding tert-OH is 2. The van der Waals surface area contributed by atoms with Crippen molar-refractivity contribution in [2.45, 2.75) is 12.2 Å². The third-order valence-electron chi connectivity index (χ3n) is 0.782. The first-order valence-electron chi connectivity index (χ1n) is 2.91. The molecule has 0 aromatic heterocycles. The van der Waals surface area contributed by atoms with Crippen molar-refractivity contribution in [2.24, 2.45) is 0 Å². The molecular weight excluding hydrogens is 458 g/mol. The van der Waals surface area contributed by atoms with Crippen molar-refractivity contribution < 1.29 is 128 Å². The molecule has 0 saturated heterocycles. The van der Waals surface area contributed by atoms with Crippen molar-refractivity contribution in [1.29, 1.82) is 0 Å². The molecule has 0 spiro atoms. The predicted octanol–water partition coefficient (Wildman–Crippen LogP) is -11.5. The molecule has 0 saturated carbocycles. The van der Waals surface area contributed by atoms with Gasteiger partial charge in [0.15, 0.2) is 0 Å². The van der Waals surface area contributed by atoms with Crippen LogP contribution in [-0.4, -0.2) is 89.6 Å². The average molecular weight is 464 g/mol. The molecule has 0 bridgehead atoms. The van der Waals surface area contributed by atoms with Crippen LogP contribution in [0.5, 0.6) is 0 Å². The first-order chi connectivity index (χ1) is 6.46. The Morgan fingerprint density at radius 3 is 1.10 bits per heavy atom. The second-order valence-electron chi connectivity index (χ2n) is 1.94. The molecule has 0 rings (SSSR count). The summed E-state index contributed by atoms with van der Waals surface area (Å²) in [5.74, 6) is -4.12. The summed E-state index contributed by atoms with van der Waals surface area (Å²) < 4.78 is 34.1. The Morgan fingerprint density at radius 1 is 0.950 bits per heavy atom. The number of carboxylic acids is 2. The number of carbonyl (C=O) groups is 2. The predicted molar refractivity (Wildman–Crippen MR) is 55.8 cm³/mol. The van der Waals surface area contributed by atoms with Gasteiger partial charge >= 0.3 is 119 Å². The van der Waals surface area contributed by atoms with Crippen LogP contribution < -0.4 is 91.2 Å². The zero-order valence-corrected chi connectivity index (χ0v) is 20.9. The Balaban J connectivity index is -0.0000000303. The van der Waals surface area contributed by atoms with E-state index in [1.165, 1.54) is 0 Å². The van der Waals surface area contributed by atoms with Crippen LogP contribution in [-0.2, 0) is 20.0 Å². The van der Waals surface area contributed by atoms with E-state index in [1.54, 1.807) is 0 Å². The van der Waals surface area contributed by atoms with Gasteiger partial charge < -0.3 is 39.1 Å². The largest absolute Gasteiger partial charge is 2.00 e. The first kappa shape index (κ1) is 43.7. The molecule has 0 aliphatic heterocycles. The molecule has 0 amide bonds. The van der Waals surface area contributed by atoms with Gasteiger partial charge in [0.1, 0.15) is 12.2 Å². The molecule has 20 heavy (non-hydrogen) atoms. The van der Waals surface area contributed by atoms with Gasteiger partial charge in [-0.3, -0.25) is 8.42 Å². The summed E-state index contributed by atoms with van der Waals surface area (Å²) >= 11 is 0. The standard InChI is InChI=1S/C4H6O6.BrH.Ca.ClH.K.Na.H2O4S/c5-1(3(7)8)2(6)4(9)10;;;;;;1-5(2,3)4/h1-2,5-6H,(H,7,8)(H,9,10);1H;;1H;;;(H2,1,2,3,4)/q;;+2;;2*+1;/p-4. The average Bonchev–Trinajstić information content (AvgIpc) is 1.98. The monoisotopic (exact) mass is 462 g/mol. The number of hydrogen-bond acceptors (Lipinski definition) is 10. The van der Waals surface area contributed by atoms with Crippen molar-refractivity contribution in [3.63, 3.8) is 0 Å². The van der Waals surface area contributed by atoms with E-state index >= 15 is 0 Å². The van der Waals surface area contributed by atoms with E-state index < -0.39 is 34.5 Å². The second-order valence-corrected chi connectivity index (χ2v) is 2.75. The third kappa shape index (κ3) is 37.5. The van der Waals surface area contributed by atoms with Gasteiger partial charge in [-0.05, 0) is 0 Å². The smallest absolute Gasteiger partial charge is 0.759 e. The van der Waals surface area contributed by atoms with E-state index in [1.807, 2.05) is 0 Å². The molecule has 0 heterocycles. The van der Waals surface area contributed by atoms with Gasteiger partial charge in [-0.15, -0.1) is 29.4 Å². The van der Waals surface area contributed by atoms with Crippen LogP contribution in [0.2, 0.25) is 0 Å². The molecule has 0 aromatic carbocycles. The summed E-state index contributed by atoms with van der Waals surface area (Å²) in [6.07, 6.45) is -4.88. The van der Waals surface area contributed by atoms with Crippen LogP contribution >= 0.6 is 29.4 Å². The Labute approximate surface area is 225 Å². The van der Waals surface area contributed by atoms with E-state index in [4.69, 9.17) is 27.7 Å². The van der Waals surface area contributed by atoms with Gasteiger partial charge in [-0.2, -0.15) is 0 Å². The van der Waals surface area contributed by atoms with Gasteiger partial charge in [0.25, 0.3) is 0 Å². The molecule has 106 valence electrons. The summed E-state index contributed by atoms with van der Waals surface area (Å²) in [7, 11) is -5.17. The molecule has 0 aliphatic rings. The van der Waals surface area contributed by atoms with E-state index in [9.17, 15) is 19.8 Å². The SMILES string of the molecule is Br.Cl.O=C([O-])C(O)C(O)C(=O)[O-].O=S(=O)([O-])[O-].[Ca+2].[K+].[Na+]. The molecule has 2 atom stereocenters. The molecule has 0 aromatic rings. The zero-order valence-electron chi connectivity index (χ0n) is 10.2. The van der Waals surface area contributed by atoms with E-state index in [2.05, 4.69) is 0 Å². The first-order valence-corrected chi connectivity index (χ1v) is 4.24. The van der Waals surface area contributed by atoms with Crippen molar-refractivity contribution in [3.05, 3.63) is 0 Å². The molecule has 16 heteroatoms. The topological polar surface area (TPSA) is 201 Å². The number of aliphatic carboxylic acids is 2. The molecule has 2 N–H and O–H groups in total. The minimum Gasteiger partial charge on any atom is -0.759 e. The molecule has 0 radical (unpaired) electrons. The van der Waals surface area contributed by atoms with Crippen LogP contribution in [0.3, 0.4) is 0 Å². The number of carboxylic acid groups (broad SMARTS) is 2. The van der Waals surface area contributed by atoms with Crippen LogP contribution in [0.4, 0.5) is 0 Å². The summed E-state index contributed by atoms with van der Waals surface area (Å²) in [6.45, 7) is 0. The zero-order chi connectivity index (χ0) is 12.8. The maximum atomic E-state index is 9.63. The summed E-state index contributed by atoms with van der Waals surface area (Å²) in [6, 6.07) is 0. The Morgan fingerprint density at radius 2 is 1.05 bits per heavy atom. The maximum Gasteiger partial charge on any atom is 2.00 e. The summed E-state index contributed by atoms with van der Waals surface area (Å²) in [5, 5.41) is 35.7. The molecule has 0 fully saturated rings. The second kappa shape index (κ2) is 22.4. The Hall–Kier alpha value is 3.40. The minimum absolute atomic E-state index is 0. The van der Waals surface area contributed by atoms with Crippen LogP contribution in [0.25, 0.3) is 0 Å². The van der Waals surface area contributed by atoms with Gasteiger partial charge in [0.2, 0.25) is 0 Å². The van der Waals surface area contributed by atoms with Crippen molar-refractivity contribution >= 4 is 89.5 Å². The maximum absolute atomic E-state index is 9.63. The number of hydrogen-bond donors (Lipinski definition) is 2. The van der Waals surface area contributed by atoms with Crippen LogP contribution in [0.15, 0.2) is 0 Å². The Bertz CT molecular complexity index is 318. The Kier molecular flexibility index (Phi) is 48.9. The fraction of sp³-hybridized carbons (Fsp3) is 0.500. The van der Waals surface area contributed by atoms with Gasteiger partial charge in [0, 0.05) is 10.4 Å². The molecule has 0 aliphatic carbocycles. The van der Waals surface area contributed by atoms with Gasteiger partial charge in [-0.25, -0.2) is 0 Å². The third-order valence-corrected chi connectivity index (χ3v) is 0.782. The summed E-state index contributed by atoms with van der Waals surface area (Å²) in [4.78, 5) is 19.3. The quantitative estimate of drug-likeness (QED) is 0.230. The van der Waals surface area contributed by atoms with Gasteiger partial charge in [0.05, 0.1) is 11.9 Å². The molecule has 10 nitrogen and oxygen atoms in total.